The fraction of sp³-hybridized carbons (Fsp3) is 0.417. The number of carbonyl (C=O) groups is 2. The first kappa shape index (κ1) is 21.7. The molecule has 1 aliphatic heterocycles. The van der Waals surface area contributed by atoms with Crippen LogP contribution in [0.3, 0.4) is 0 Å². The number of amides is 1. The summed E-state index contributed by atoms with van der Waals surface area (Å²) in [6, 6.07) is 12.9. The van der Waals surface area contributed by atoms with Crippen LogP contribution in [0.1, 0.15) is 49.1 Å². The van der Waals surface area contributed by atoms with Crippen LogP contribution in [0.5, 0.6) is 5.75 Å². The number of esters is 1. The summed E-state index contributed by atoms with van der Waals surface area (Å²) in [5.74, 6) is 0.238. The lowest BCUT2D eigenvalue weighted by molar-refractivity contribution is -0.147. The van der Waals surface area contributed by atoms with Crippen molar-refractivity contribution >= 4 is 12.1 Å². The minimum absolute atomic E-state index is 0.364. The number of fused-ring (bicyclic) bond motifs is 1. The maximum atomic E-state index is 12.7. The zero-order valence-electron chi connectivity index (χ0n) is 18.2. The molecule has 0 spiro atoms. The van der Waals surface area contributed by atoms with E-state index in [1.54, 1.807) is 20.8 Å². The van der Waals surface area contributed by atoms with Crippen LogP contribution in [0.15, 0.2) is 42.5 Å². The summed E-state index contributed by atoms with van der Waals surface area (Å²) in [7, 11) is 1.32. The highest BCUT2D eigenvalue weighted by Crippen LogP contribution is 2.34. The van der Waals surface area contributed by atoms with E-state index in [0.29, 0.717) is 19.6 Å². The van der Waals surface area contributed by atoms with Gasteiger partial charge in [0.25, 0.3) is 0 Å². The second kappa shape index (κ2) is 8.78. The molecule has 1 atom stereocenters. The number of ether oxygens (including phenoxy) is 3. The van der Waals surface area contributed by atoms with Crippen LogP contribution < -0.4 is 4.74 Å². The van der Waals surface area contributed by atoms with E-state index >= 15 is 0 Å². The standard InChI is InChI=1S/C24H29NO5/c1-16-8-6-7-9-18(16)15-29-19-10-11-20-17(14-19)12-13-25(21(20)22(26)28-5)23(27)30-24(2,3)4/h6-11,14,21H,12-13,15H2,1-5H3/t21-/m1/s1. The van der Waals surface area contributed by atoms with Crippen molar-refractivity contribution in [1.82, 2.24) is 4.90 Å². The molecule has 1 heterocycles. The molecular formula is C24H29NO5. The van der Waals surface area contributed by atoms with E-state index in [-0.39, 0.29) is 0 Å². The number of methoxy groups -OCH3 is 1. The second-order valence-corrected chi connectivity index (χ2v) is 8.43. The molecule has 0 radical (unpaired) electrons. The van der Waals surface area contributed by atoms with E-state index in [4.69, 9.17) is 14.2 Å². The Balaban J connectivity index is 1.82. The van der Waals surface area contributed by atoms with Gasteiger partial charge in [0.15, 0.2) is 6.04 Å². The highest BCUT2D eigenvalue weighted by molar-refractivity contribution is 5.84. The SMILES string of the molecule is COC(=O)[C@H]1c2ccc(OCc3ccccc3C)cc2CCN1C(=O)OC(C)(C)C. The van der Waals surface area contributed by atoms with Gasteiger partial charge in [-0.25, -0.2) is 9.59 Å². The molecule has 0 fully saturated rings. The van der Waals surface area contributed by atoms with E-state index in [1.165, 1.54) is 17.6 Å². The molecule has 0 unspecified atom stereocenters. The van der Waals surface area contributed by atoms with Gasteiger partial charge < -0.3 is 14.2 Å². The number of nitrogens with zero attached hydrogens (tertiary/aromatic N) is 1. The first-order chi connectivity index (χ1) is 14.2. The molecule has 0 N–H and O–H groups in total. The van der Waals surface area contributed by atoms with Gasteiger partial charge in [-0.05, 0) is 68.5 Å². The maximum Gasteiger partial charge on any atom is 0.411 e. The Hall–Kier alpha value is -3.02. The third-order valence-corrected chi connectivity index (χ3v) is 5.05. The maximum absolute atomic E-state index is 12.7. The Labute approximate surface area is 177 Å². The molecule has 2 aromatic rings. The third kappa shape index (κ3) is 4.93. The van der Waals surface area contributed by atoms with E-state index < -0.39 is 23.7 Å². The molecule has 160 valence electrons. The summed E-state index contributed by atoms with van der Waals surface area (Å²) in [6.07, 6.45) is 0.0762. The molecule has 0 saturated heterocycles. The third-order valence-electron chi connectivity index (χ3n) is 5.05. The van der Waals surface area contributed by atoms with Gasteiger partial charge in [0.1, 0.15) is 18.0 Å². The molecule has 0 aliphatic carbocycles. The Kier molecular flexibility index (Phi) is 6.34. The zero-order chi connectivity index (χ0) is 21.9. The van der Waals surface area contributed by atoms with Gasteiger partial charge in [-0.3, -0.25) is 4.90 Å². The van der Waals surface area contributed by atoms with Gasteiger partial charge in [0.2, 0.25) is 0 Å². The average Bonchev–Trinajstić information content (AvgIpc) is 2.70. The van der Waals surface area contributed by atoms with Gasteiger partial charge in [-0.15, -0.1) is 0 Å². The van der Waals surface area contributed by atoms with Crippen molar-refractivity contribution in [3.05, 3.63) is 64.7 Å². The fourth-order valence-corrected chi connectivity index (χ4v) is 3.51. The largest absolute Gasteiger partial charge is 0.489 e. The number of carbonyl (C=O) groups excluding carboxylic acids is 2. The van der Waals surface area contributed by atoms with Gasteiger partial charge >= 0.3 is 12.1 Å². The van der Waals surface area contributed by atoms with Crippen molar-refractivity contribution in [3.8, 4) is 5.75 Å². The van der Waals surface area contributed by atoms with Gasteiger partial charge in [-0.2, -0.15) is 0 Å². The van der Waals surface area contributed by atoms with Crippen molar-refractivity contribution in [3.63, 3.8) is 0 Å². The molecule has 30 heavy (non-hydrogen) atoms. The molecule has 6 heteroatoms. The Morgan fingerprint density at radius 2 is 1.87 bits per heavy atom. The second-order valence-electron chi connectivity index (χ2n) is 8.43. The van der Waals surface area contributed by atoms with E-state index in [2.05, 4.69) is 13.0 Å². The minimum atomic E-state index is -0.834. The molecule has 1 amide bonds. The summed E-state index contributed by atoms with van der Waals surface area (Å²) in [5, 5.41) is 0. The van der Waals surface area contributed by atoms with Crippen molar-refractivity contribution in [2.45, 2.75) is 52.4 Å². The van der Waals surface area contributed by atoms with Gasteiger partial charge in [0, 0.05) is 6.54 Å². The van der Waals surface area contributed by atoms with E-state index in [0.717, 1.165) is 22.4 Å². The normalized spacial score (nSPS) is 15.9. The monoisotopic (exact) mass is 411 g/mol. The van der Waals surface area contributed by atoms with Crippen molar-refractivity contribution in [2.24, 2.45) is 0 Å². The molecule has 1 aliphatic rings. The summed E-state index contributed by atoms with van der Waals surface area (Å²) >= 11 is 0. The predicted octanol–water partition coefficient (Wildman–Crippen LogP) is 4.58. The minimum Gasteiger partial charge on any atom is -0.489 e. The highest BCUT2D eigenvalue weighted by Gasteiger charge is 2.39. The average molecular weight is 411 g/mol. The molecule has 3 rings (SSSR count). The lowest BCUT2D eigenvalue weighted by Crippen LogP contribution is -2.46. The molecule has 2 aromatic carbocycles. The van der Waals surface area contributed by atoms with Crippen LogP contribution in [-0.2, 0) is 27.3 Å². The lowest BCUT2D eigenvalue weighted by Gasteiger charge is -2.36. The molecule has 0 saturated carbocycles. The number of aryl methyl sites for hydroxylation is 1. The Morgan fingerprint density at radius 3 is 2.53 bits per heavy atom. The van der Waals surface area contributed by atoms with E-state index in [9.17, 15) is 9.59 Å². The zero-order valence-corrected chi connectivity index (χ0v) is 18.2. The van der Waals surface area contributed by atoms with Crippen LogP contribution in [0.4, 0.5) is 4.79 Å². The highest BCUT2D eigenvalue weighted by atomic mass is 16.6. The van der Waals surface area contributed by atoms with Crippen LogP contribution in [0, 0.1) is 6.92 Å². The molecule has 6 nitrogen and oxygen atoms in total. The molecular weight excluding hydrogens is 382 g/mol. The topological polar surface area (TPSA) is 65.1 Å². The number of hydrogen-bond donors (Lipinski definition) is 0. The molecule has 0 bridgehead atoms. The summed E-state index contributed by atoms with van der Waals surface area (Å²) < 4.78 is 16.5. The van der Waals surface area contributed by atoms with Crippen LogP contribution >= 0.6 is 0 Å². The quantitative estimate of drug-likeness (QED) is 0.689. The number of benzene rings is 2. The first-order valence-electron chi connectivity index (χ1n) is 10.1. The first-order valence-corrected chi connectivity index (χ1v) is 10.1. The van der Waals surface area contributed by atoms with Gasteiger partial charge in [-0.1, -0.05) is 30.3 Å². The summed E-state index contributed by atoms with van der Waals surface area (Å²) in [5.41, 5.74) is 3.35. The summed E-state index contributed by atoms with van der Waals surface area (Å²) in [4.78, 5) is 26.7. The Morgan fingerprint density at radius 1 is 1.13 bits per heavy atom. The van der Waals surface area contributed by atoms with Gasteiger partial charge in [0.05, 0.1) is 7.11 Å². The van der Waals surface area contributed by atoms with Crippen LogP contribution in [-0.4, -0.2) is 36.2 Å². The molecule has 0 aromatic heterocycles. The van der Waals surface area contributed by atoms with Crippen LogP contribution in [0.2, 0.25) is 0 Å². The van der Waals surface area contributed by atoms with Crippen molar-refractivity contribution in [1.29, 1.82) is 0 Å². The van der Waals surface area contributed by atoms with E-state index in [1.807, 2.05) is 36.4 Å². The van der Waals surface area contributed by atoms with Crippen LogP contribution in [0.25, 0.3) is 0 Å². The number of rotatable bonds is 4. The fourth-order valence-electron chi connectivity index (χ4n) is 3.51. The smallest absolute Gasteiger partial charge is 0.411 e. The predicted molar refractivity (Wildman–Crippen MR) is 113 cm³/mol. The van der Waals surface area contributed by atoms with Crippen molar-refractivity contribution < 1.29 is 23.8 Å². The Bertz CT molecular complexity index is 931. The lowest BCUT2D eigenvalue weighted by atomic mass is 9.92. The summed E-state index contributed by atoms with van der Waals surface area (Å²) in [6.45, 7) is 8.28. The number of hydrogen-bond acceptors (Lipinski definition) is 5. The van der Waals surface area contributed by atoms with Crippen molar-refractivity contribution in [2.75, 3.05) is 13.7 Å².